The molecule has 0 saturated carbocycles. The Hall–Kier alpha value is -3.67. The fourth-order valence-corrected chi connectivity index (χ4v) is 2.84. The molecule has 3 aromatic carbocycles. The maximum atomic E-state index is 12.0. The molecule has 3 rings (SSSR count). The van der Waals surface area contributed by atoms with Crippen LogP contribution < -0.4 is 4.74 Å². The predicted molar refractivity (Wildman–Crippen MR) is 109 cm³/mol. The van der Waals surface area contributed by atoms with Gasteiger partial charge in [0.25, 0.3) is 5.69 Å². The summed E-state index contributed by atoms with van der Waals surface area (Å²) in [6.45, 7) is 0.586. The highest BCUT2D eigenvalue weighted by atomic mass is 16.6. The molecule has 0 unspecified atom stereocenters. The van der Waals surface area contributed by atoms with Gasteiger partial charge in [-0.25, -0.2) is 4.79 Å². The highest BCUT2D eigenvalue weighted by molar-refractivity contribution is 5.89. The van der Waals surface area contributed by atoms with Crippen LogP contribution in [0.2, 0.25) is 0 Å². The monoisotopic (exact) mass is 391 g/mol. The Morgan fingerprint density at radius 1 is 0.931 bits per heavy atom. The highest BCUT2D eigenvalue weighted by Crippen LogP contribution is 2.26. The van der Waals surface area contributed by atoms with Crippen LogP contribution in [0.4, 0.5) is 5.69 Å². The Morgan fingerprint density at radius 2 is 1.62 bits per heavy atom. The summed E-state index contributed by atoms with van der Waals surface area (Å²) < 4.78 is 11.2. The number of non-ortho nitro benzene ring substituents is 1. The van der Waals surface area contributed by atoms with E-state index in [1.807, 2.05) is 36.4 Å². The third-order valence-corrected chi connectivity index (χ3v) is 4.33. The normalized spacial score (nSPS) is 10.3. The first-order valence-corrected chi connectivity index (χ1v) is 9.29. The lowest BCUT2D eigenvalue weighted by atomic mass is 10.1. The maximum absolute atomic E-state index is 12.0. The van der Waals surface area contributed by atoms with E-state index in [-0.39, 0.29) is 18.3 Å². The molecule has 6 heteroatoms. The molecule has 0 atom stereocenters. The number of rotatable bonds is 9. The van der Waals surface area contributed by atoms with Crippen LogP contribution in [0, 0.1) is 10.1 Å². The van der Waals surface area contributed by atoms with Crippen LogP contribution in [0.5, 0.6) is 5.75 Å². The minimum Gasteiger partial charge on any atom is -0.489 e. The molecule has 0 N–H and O–H groups in total. The van der Waals surface area contributed by atoms with E-state index in [9.17, 15) is 14.9 Å². The molecule has 0 aliphatic heterocycles. The Kier molecular flexibility index (Phi) is 6.95. The van der Waals surface area contributed by atoms with Crippen LogP contribution in [0.3, 0.4) is 0 Å². The minimum absolute atomic E-state index is 0.00772. The molecule has 0 bridgehead atoms. The number of nitro benzene ring substituents is 1. The smallest absolute Gasteiger partial charge is 0.338 e. The fourth-order valence-electron chi connectivity index (χ4n) is 2.84. The molecule has 6 nitrogen and oxygen atoms in total. The number of carbonyl (C=O) groups excluding carboxylic acids is 1. The van der Waals surface area contributed by atoms with Crippen LogP contribution in [0.25, 0.3) is 0 Å². The molecule has 0 amide bonds. The van der Waals surface area contributed by atoms with Gasteiger partial charge in [-0.3, -0.25) is 10.1 Å². The Morgan fingerprint density at radius 3 is 2.31 bits per heavy atom. The third-order valence-electron chi connectivity index (χ3n) is 4.33. The zero-order valence-corrected chi connectivity index (χ0v) is 15.8. The average molecular weight is 391 g/mol. The van der Waals surface area contributed by atoms with Crippen molar-refractivity contribution in [2.45, 2.75) is 19.4 Å². The number of aryl methyl sites for hydroxylation is 1. The van der Waals surface area contributed by atoms with Gasteiger partial charge in [-0.15, -0.1) is 0 Å². The topological polar surface area (TPSA) is 78.7 Å². The minimum atomic E-state index is -0.431. The van der Waals surface area contributed by atoms with Gasteiger partial charge < -0.3 is 9.47 Å². The molecule has 0 spiro atoms. The SMILES string of the molecule is O=C(OCCCc1cc([N+](=O)[O-])ccc1OCc1ccccc1)c1ccccc1. The molecule has 0 fully saturated rings. The van der Waals surface area contributed by atoms with Crippen molar-refractivity contribution >= 4 is 11.7 Å². The number of benzene rings is 3. The fraction of sp³-hybridized carbons (Fsp3) is 0.174. The average Bonchev–Trinajstić information content (AvgIpc) is 2.76. The van der Waals surface area contributed by atoms with E-state index in [1.165, 1.54) is 12.1 Å². The standard InChI is InChI=1S/C23H21NO5/c25-23(19-10-5-2-6-11-19)28-15-7-12-20-16-21(24(26)27)13-14-22(20)29-17-18-8-3-1-4-9-18/h1-6,8-11,13-14,16H,7,12,15,17H2. The molecule has 0 radical (unpaired) electrons. The van der Waals surface area contributed by atoms with Crippen molar-refractivity contribution in [2.75, 3.05) is 6.61 Å². The third kappa shape index (κ3) is 5.90. The molecular formula is C23H21NO5. The highest BCUT2D eigenvalue weighted by Gasteiger charge is 2.13. The van der Waals surface area contributed by atoms with E-state index < -0.39 is 4.92 Å². The number of ether oxygens (including phenoxy) is 2. The van der Waals surface area contributed by atoms with Crippen molar-refractivity contribution in [3.8, 4) is 5.75 Å². The van der Waals surface area contributed by atoms with Crippen LogP contribution >= 0.6 is 0 Å². The Labute approximate surface area is 168 Å². The van der Waals surface area contributed by atoms with Crippen LogP contribution in [0.1, 0.15) is 27.9 Å². The number of nitrogens with zero attached hydrogens (tertiary/aromatic N) is 1. The van der Waals surface area contributed by atoms with Crippen molar-refractivity contribution in [3.63, 3.8) is 0 Å². The number of nitro groups is 1. The largest absolute Gasteiger partial charge is 0.489 e. The van der Waals surface area contributed by atoms with Crippen LogP contribution in [0.15, 0.2) is 78.9 Å². The van der Waals surface area contributed by atoms with Gasteiger partial charge in [0.15, 0.2) is 0 Å². The van der Waals surface area contributed by atoms with Gasteiger partial charge in [0.1, 0.15) is 12.4 Å². The maximum Gasteiger partial charge on any atom is 0.338 e. The Bertz CT molecular complexity index is 958. The Balaban J connectivity index is 1.60. The molecule has 0 heterocycles. The van der Waals surface area contributed by atoms with Gasteiger partial charge in [-0.05, 0) is 36.6 Å². The zero-order valence-electron chi connectivity index (χ0n) is 15.8. The number of esters is 1. The lowest BCUT2D eigenvalue weighted by molar-refractivity contribution is -0.384. The summed E-state index contributed by atoms with van der Waals surface area (Å²) in [6.07, 6.45) is 1.02. The lowest BCUT2D eigenvalue weighted by Crippen LogP contribution is -2.07. The van der Waals surface area contributed by atoms with Gasteiger partial charge in [0.2, 0.25) is 0 Å². The second-order valence-corrected chi connectivity index (χ2v) is 6.43. The van der Waals surface area contributed by atoms with Gasteiger partial charge in [0.05, 0.1) is 17.1 Å². The van der Waals surface area contributed by atoms with E-state index >= 15 is 0 Å². The first kappa shape index (κ1) is 20.1. The molecular weight excluding hydrogens is 370 g/mol. The first-order valence-electron chi connectivity index (χ1n) is 9.29. The van der Waals surface area contributed by atoms with E-state index in [0.29, 0.717) is 36.3 Å². The van der Waals surface area contributed by atoms with E-state index in [2.05, 4.69) is 0 Å². The molecule has 0 aromatic heterocycles. The number of hydrogen-bond donors (Lipinski definition) is 0. The van der Waals surface area contributed by atoms with Gasteiger partial charge in [-0.1, -0.05) is 48.5 Å². The van der Waals surface area contributed by atoms with Gasteiger partial charge >= 0.3 is 5.97 Å². The summed E-state index contributed by atoms with van der Waals surface area (Å²) in [4.78, 5) is 22.7. The molecule has 0 aliphatic rings. The number of carbonyl (C=O) groups is 1. The molecule has 29 heavy (non-hydrogen) atoms. The van der Waals surface area contributed by atoms with Gasteiger partial charge in [-0.2, -0.15) is 0 Å². The summed E-state index contributed by atoms with van der Waals surface area (Å²) in [7, 11) is 0. The van der Waals surface area contributed by atoms with E-state index in [4.69, 9.17) is 9.47 Å². The van der Waals surface area contributed by atoms with E-state index in [1.54, 1.807) is 30.3 Å². The predicted octanol–water partition coefficient (Wildman–Crippen LogP) is 4.96. The summed E-state index contributed by atoms with van der Waals surface area (Å²) in [5.41, 5.74) is 2.22. The summed E-state index contributed by atoms with van der Waals surface area (Å²) in [5, 5.41) is 11.1. The molecule has 0 aliphatic carbocycles. The summed E-state index contributed by atoms with van der Waals surface area (Å²) >= 11 is 0. The van der Waals surface area contributed by atoms with Crippen molar-refractivity contribution in [2.24, 2.45) is 0 Å². The second-order valence-electron chi connectivity index (χ2n) is 6.43. The van der Waals surface area contributed by atoms with Crippen molar-refractivity contribution in [3.05, 3.63) is 106 Å². The molecule has 0 saturated heterocycles. The molecule has 148 valence electrons. The first-order chi connectivity index (χ1) is 14.1. The van der Waals surface area contributed by atoms with Crippen molar-refractivity contribution in [1.29, 1.82) is 0 Å². The van der Waals surface area contributed by atoms with E-state index in [0.717, 1.165) is 5.56 Å². The summed E-state index contributed by atoms with van der Waals surface area (Å²) in [6, 6.07) is 23.0. The van der Waals surface area contributed by atoms with Crippen LogP contribution in [-0.2, 0) is 17.8 Å². The quantitative estimate of drug-likeness (QED) is 0.223. The second kappa shape index (κ2) is 10.0. The van der Waals surface area contributed by atoms with Crippen molar-refractivity contribution < 1.29 is 19.2 Å². The van der Waals surface area contributed by atoms with Crippen LogP contribution in [-0.4, -0.2) is 17.5 Å². The van der Waals surface area contributed by atoms with Crippen molar-refractivity contribution in [1.82, 2.24) is 0 Å². The van der Waals surface area contributed by atoms with Gasteiger partial charge in [0, 0.05) is 17.7 Å². The molecule has 3 aromatic rings. The zero-order chi connectivity index (χ0) is 20.5. The summed E-state index contributed by atoms with van der Waals surface area (Å²) in [5.74, 6) is 0.207. The number of hydrogen-bond acceptors (Lipinski definition) is 5. The lowest BCUT2D eigenvalue weighted by Gasteiger charge is -2.12.